The van der Waals surface area contributed by atoms with Gasteiger partial charge in [0.15, 0.2) is 0 Å². The van der Waals surface area contributed by atoms with E-state index in [4.69, 9.17) is 0 Å². The van der Waals surface area contributed by atoms with E-state index < -0.39 is 0 Å². The number of hydrogen-bond acceptors (Lipinski definition) is 0. The van der Waals surface area contributed by atoms with Crippen molar-refractivity contribution in [3.05, 3.63) is 71.4 Å². The second kappa shape index (κ2) is 5.50. The van der Waals surface area contributed by atoms with Crippen molar-refractivity contribution < 1.29 is 0 Å². The van der Waals surface area contributed by atoms with E-state index in [1.165, 1.54) is 16.7 Å². The van der Waals surface area contributed by atoms with Gasteiger partial charge in [-0.05, 0) is 30.4 Å². The van der Waals surface area contributed by atoms with Crippen LogP contribution < -0.4 is 0 Å². The molecule has 2 rings (SSSR count). The molecule has 0 fully saturated rings. The second-order valence-electron chi connectivity index (χ2n) is 4.12. The lowest BCUT2D eigenvalue weighted by molar-refractivity contribution is 1.03. The van der Waals surface area contributed by atoms with Gasteiger partial charge in [-0.3, -0.25) is 0 Å². The molecule has 2 aliphatic rings. The molecule has 0 atom stereocenters. The monoisotopic (exact) mass is 210 g/mol. The first-order valence-corrected chi connectivity index (χ1v) is 5.99. The van der Waals surface area contributed by atoms with Crippen LogP contribution in [0, 0.1) is 0 Å². The van der Waals surface area contributed by atoms with E-state index in [-0.39, 0.29) is 0 Å². The molecule has 0 aromatic carbocycles. The smallest absolute Gasteiger partial charge is 0.00884 e. The van der Waals surface area contributed by atoms with Crippen LogP contribution in [0.2, 0.25) is 0 Å². The molecule has 0 nitrogen and oxygen atoms in total. The van der Waals surface area contributed by atoms with Crippen molar-refractivity contribution in [3.8, 4) is 0 Å². The quantitative estimate of drug-likeness (QED) is 0.622. The molecule has 0 saturated heterocycles. The minimum Gasteiger partial charge on any atom is -0.0801 e. The van der Waals surface area contributed by atoms with Gasteiger partial charge in [-0.25, -0.2) is 0 Å². The molecule has 0 N–H and O–H groups in total. The average molecular weight is 210 g/mol. The first-order chi connectivity index (χ1) is 7.90. The maximum atomic E-state index is 2.27. The van der Waals surface area contributed by atoms with Crippen LogP contribution in [-0.2, 0) is 0 Å². The highest BCUT2D eigenvalue weighted by molar-refractivity contribution is 5.47. The normalized spacial score (nSPS) is 19.7. The first kappa shape index (κ1) is 10.9. The van der Waals surface area contributed by atoms with Crippen molar-refractivity contribution >= 4 is 0 Å². The Kier molecular flexibility index (Phi) is 3.76. The third kappa shape index (κ3) is 2.73. The fourth-order valence-corrected chi connectivity index (χ4v) is 1.94. The summed E-state index contributed by atoms with van der Waals surface area (Å²) in [7, 11) is 0. The lowest BCUT2D eigenvalue weighted by Gasteiger charge is -2.03. The average Bonchev–Trinajstić information content (AvgIpc) is 2.71. The van der Waals surface area contributed by atoms with Gasteiger partial charge in [0.1, 0.15) is 0 Å². The Hall–Kier alpha value is -1.56. The summed E-state index contributed by atoms with van der Waals surface area (Å²) in [6.45, 7) is 2.22. The van der Waals surface area contributed by atoms with E-state index in [0.29, 0.717) is 0 Å². The van der Waals surface area contributed by atoms with Gasteiger partial charge in [-0.1, -0.05) is 67.2 Å². The molecule has 2 aliphatic carbocycles. The Morgan fingerprint density at radius 2 is 1.88 bits per heavy atom. The van der Waals surface area contributed by atoms with E-state index in [1.54, 1.807) is 0 Å². The van der Waals surface area contributed by atoms with Gasteiger partial charge in [-0.15, -0.1) is 0 Å². The molecule has 0 heteroatoms. The van der Waals surface area contributed by atoms with Crippen LogP contribution >= 0.6 is 0 Å². The van der Waals surface area contributed by atoms with Crippen molar-refractivity contribution in [1.29, 1.82) is 0 Å². The molecule has 0 spiro atoms. The van der Waals surface area contributed by atoms with E-state index in [2.05, 4.69) is 61.6 Å². The molecular weight excluding hydrogens is 192 g/mol. The third-order valence-corrected chi connectivity index (χ3v) is 2.99. The summed E-state index contributed by atoms with van der Waals surface area (Å²) >= 11 is 0. The topological polar surface area (TPSA) is 0 Å². The standard InChI is InChI=1S/C16H18/c1-2-14-8-7-11-16(13-12-14)15-9-5-3-4-6-10-15/h3-7,9,11-13H,2,8,10H2,1H3. The van der Waals surface area contributed by atoms with Crippen molar-refractivity contribution in [3.63, 3.8) is 0 Å². The second-order valence-corrected chi connectivity index (χ2v) is 4.12. The van der Waals surface area contributed by atoms with Gasteiger partial charge in [-0.2, -0.15) is 0 Å². The summed E-state index contributed by atoms with van der Waals surface area (Å²) in [5.41, 5.74) is 4.25. The Labute approximate surface area is 98.1 Å². The van der Waals surface area contributed by atoms with Crippen LogP contribution in [-0.4, -0.2) is 0 Å². The lowest BCUT2D eigenvalue weighted by Crippen LogP contribution is -1.84. The molecule has 0 radical (unpaired) electrons. The molecule has 0 aliphatic heterocycles. The maximum absolute atomic E-state index is 2.27. The highest BCUT2D eigenvalue weighted by atomic mass is 14.1. The lowest BCUT2D eigenvalue weighted by atomic mass is 10.0. The Balaban J connectivity index is 2.24. The summed E-state index contributed by atoms with van der Waals surface area (Å²) in [6, 6.07) is 0. The van der Waals surface area contributed by atoms with Crippen LogP contribution in [0.25, 0.3) is 0 Å². The number of hydrogen-bond donors (Lipinski definition) is 0. The van der Waals surface area contributed by atoms with Gasteiger partial charge < -0.3 is 0 Å². The van der Waals surface area contributed by atoms with Crippen LogP contribution in [0.4, 0.5) is 0 Å². The molecule has 0 aromatic rings. The number of rotatable bonds is 2. The molecular formula is C16H18. The fraction of sp³-hybridized carbons (Fsp3) is 0.250. The fourth-order valence-electron chi connectivity index (χ4n) is 1.94. The molecule has 0 bridgehead atoms. The summed E-state index contributed by atoms with van der Waals surface area (Å²) in [4.78, 5) is 0. The van der Waals surface area contributed by atoms with Gasteiger partial charge in [0.25, 0.3) is 0 Å². The highest BCUT2D eigenvalue weighted by Gasteiger charge is 2.03. The predicted molar refractivity (Wildman–Crippen MR) is 71.2 cm³/mol. The van der Waals surface area contributed by atoms with Crippen molar-refractivity contribution in [1.82, 2.24) is 0 Å². The molecule has 0 amide bonds. The predicted octanol–water partition coefficient (Wildman–Crippen LogP) is 4.65. The Morgan fingerprint density at radius 3 is 2.75 bits per heavy atom. The summed E-state index contributed by atoms with van der Waals surface area (Å²) in [5.74, 6) is 0. The molecule has 0 heterocycles. The van der Waals surface area contributed by atoms with E-state index in [0.717, 1.165) is 19.3 Å². The van der Waals surface area contributed by atoms with Crippen molar-refractivity contribution in [2.24, 2.45) is 0 Å². The molecule has 0 unspecified atom stereocenters. The van der Waals surface area contributed by atoms with Crippen molar-refractivity contribution in [2.45, 2.75) is 26.2 Å². The largest absolute Gasteiger partial charge is 0.0801 e. The Bertz CT molecular complexity index is 423. The third-order valence-electron chi connectivity index (χ3n) is 2.99. The summed E-state index contributed by atoms with van der Waals surface area (Å²) < 4.78 is 0. The minimum atomic E-state index is 1.03. The first-order valence-electron chi connectivity index (χ1n) is 5.99. The summed E-state index contributed by atoms with van der Waals surface area (Å²) in [6.07, 6.45) is 23.0. The zero-order chi connectivity index (χ0) is 11.2. The molecule has 16 heavy (non-hydrogen) atoms. The molecule has 82 valence electrons. The van der Waals surface area contributed by atoms with Crippen LogP contribution in [0.3, 0.4) is 0 Å². The SMILES string of the molecule is CCC1=CC=C(C2=CC=CC=CC2)C=CC1. The minimum absolute atomic E-state index is 1.03. The molecule has 0 aromatic heterocycles. The van der Waals surface area contributed by atoms with Gasteiger partial charge in [0.2, 0.25) is 0 Å². The van der Waals surface area contributed by atoms with Gasteiger partial charge in [0.05, 0.1) is 0 Å². The van der Waals surface area contributed by atoms with E-state index in [1.807, 2.05) is 0 Å². The zero-order valence-corrected chi connectivity index (χ0v) is 9.82. The summed E-state index contributed by atoms with van der Waals surface area (Å²) in [5, 5.41) is 0. The van der Waals surface area contributed by atoms with Gasteiger partial charge in [0, 0.05) is 0 Å². The zero-order valence-electron chi connectivity index (χ0n) is 9.82. The van der Waals surface area contributed by atoms with Gasteiger partial charge >= 0.3 is 0 Å². The van der Waals surface area contributed by atoms with Crippen LogP contribution in [0.15, 0.2) is 71.4 Å². The molecule has 0 saturated carbocycles. The van der Waals surface area contributed by atoms with Crippen molar-refractivity contribution in [2.75, 3.05) is 0 Å². The van der Waals surface area contributed by atoms with Crippen LogP contribution in [0.1, 0.15) is 26.2 Å². The van der Waals surface area contributed by atoms with E-state index >= 15 is 0 Å². The Morgan fingerprint density at radius 1 is 0.938 bits per heavy atom. The highest BCUT2D eigenvalue weighted by Crippen LogP contribution is 2.22. The van der Waals surface area contributed by atoms with E-state index in [9.17, 15) is 0 Å². The van der Waals surface area contributed by atoms with Crippen LogP contribution in [0.5, 0.6) is 0 Å². The maximum Gasteiger partial charge on any atom is -0.00884 e. The number of allylic oxidation sites excluding steroid dienone is 12.